The third-order valence-corrected chi connectivity index (χ3v) is 4.03. The van der Waals surface area contributed by atoms with Crippen LogP contribution in [0.5, 0.6) is 0 Å². The third-order valence-electron chi connectivity index (χ3n) is 4.03. The number of ether oxygens (including phenoxy) is 1. The quantitative estimate of drug-likeness (QED) is 0.796. The summed E-state index contributed by atoms with van der Waals surface area (Å²) in [6.45, 7) is 5.08. The minimum Gasteiger partial charge on any atom is -0.376 e. The second-order valence-corrected chi connectivity index (χ2v) is 5.67. The van der Waals surface area contributed by atoms with E-state index in [-0.39, 0.29) is 0 Å². The molecule has 0 aromatic heterocycles. The second kappa shape index (κ2) is 6.88. The number of rotatable bonds is 6. The molecule has 2 heteroatoms. The van der Waals surface area contributed by atoms with Crippen molar-refractivity contribution in [2.45, 2.75) is 25.5 Å². The molecule has 0 N–H and O–H groups in total. The number of hydrogen-bond acceptors (Lipinski definition) is 2. The monoisotopic (exact) mass is 281 g/mol. The lowest BCUT2D eigenvalue weighted by atomic mass is 9.94. The van der Waals surface area contributed by atoms with Crippen molar-refractivity contribution < 1.29 is 4.74 Å². The van der Waals surface area contributed by atoms with Crippen molar-refractivity contribution in [3.63, 3.8) is 0 Å². The van der Waals surface area contributed by atoms with Gasteiger partial charge in [0.1, 0.15) is 0 Å². The largest absolute Gasteiger partial charge is 0.376 e. The van der Waals surface area contributed by atoms with E-state index in [2.05, 4.69) is 72.5 Å². The van der Waals surface area contributed by atoms with Crippen LogP contribution in [0.4, 0.5) is 0 Å². The summed E-state index contributed by atoms with van der Waals surface area (Å²) >= 11 is 0. The van der Waals surface area contributed by atoms with E-state index in [0.717, 1.165) is 26.1 Å². The SMILES string of the molecule is CCCOC1CN(C(c2ccccc2)c2ccccc2)C1. The van der Waals surface area contributed by atoms with E-state index in [1.54, 1.807) is 0 Å². The summed E-state index contributed by atoms with van der Waals surface area (Å²) in [5.41, 5.74) is 2.72. The highest BCUT2D eigenvalue weighted by atomic mass is 16.5. The predicted molar refractivity (Wildman–Crippen MR) is 86.3 cm³/mol. The van der Waals surface area contributed by atoms with Crippen LogP contribution >= 0.6 is 0 Å². The molecular formula is C19H23NO. The van der Waals surface area contributed by atoms with Gasteiger partial charge in [0.2, 0.25) is 0 Å². The highest BCUT2D eigenvalue weighted by Gasteiger charge is 2.34. The minimum atomic E-state index is 0.342. The highest BCUT2D eigenvalue weighted by Crippen LogP contribution is 2.32. The normalized spacial score (nSPS) is 16.1. The van der Waals surface area contributed by atoms with Crippen LogP contribution in [0.2, 0.25) is 0 Å². The van der Waals surface area contributed by atoms with Gasteiger partial charge in [0.15, 0.2) is 0 Å². The molecule has 0 bridgehead atoms. The van der Waals surface area contributed by atoms with Gasteiger partial charge in [0.25, 0.3) is 0 Å². The first kappa shape index (κ1) is 14.3. The molecule has 0 saturated carbocycles. The molecule has 2 aromatic carbocycles. The van der Waals surface area contributed by atoms with Gasteiger partial charge in [0.05, 0.1) is 12.1 Å². The topological polar surface area (TPSA) is 12.5 Å². The fourth-order valence-corrected chi connectivity index (χ4v) is 2.96. The molecule has 110 valence electrons. The van der Waals surface area contributed by atoms with E-state index < -0.39 is 0 Å². The van der Waals surface area contributed by atoms with Crippen LogP contribution in [-0.2, 0) is 4.74 Å². The first-order chi connectivity index (χ1) is 10.4. The van der Waals surface area contributed by atoms with Crippen LogP contribution in [0.3, 0.4) is 0 Å². The Kier molecular flexibility index (Phi) is 4.69. The summed E-state index contributed by atoms with van der Waals surface area (Å²) in [6, 6.07) is 21.9. The molecule has 3 rings (SSSR count). The van der Waals surface area contributed by atoms with Crippen molar-refractivity contribution in [1.29, 1.82) is 0 Å². The van der Waals surface area contributed by atoms with Crippen LogP contribution in [0.1, 0.15) is 30.5 Å². The predicted octanol–water partition coefficient (Wildman–Crippen LogP) is 3.89. The maximum Gasteiger partial charge on any atom is 0.0829 e. The Hall–Kier alpha value is -1.64. The number of likely N-dealkylation sites (tertiary alicyclic amines) is 1. The van der Waals surface area contributed by atoms with E-state index >= 15 is 0 Å². The molecule has 1 saturated heterocycles. The van der Waals surface area contributed by atoms with Gasteiger partial charge in [-0.3, -0.25) is 4.90 Å². The molecule has 1 aliphatic heterocycles. The minimum absolute atomic E-state index is 0.342. The lowest BCUT2D eigenvalue weighted by molar-refractivity contribution is -0.0661. The van der Waals surface area contributed by atoms with Crippen LogP contribution < -0.4 is 0 Å². The van der Waals surface area contributed by atoms with Gasteiger partial charge >= 0.3 is 0 Å². The summed E-state index contributed by atoms with van der Waals surface area (Å²) < 4.78 is 5.84. The van der Waals surface area contributed by atoms with Crippen LogP contribution in [0.15, 0.2) is 60.7 Å². The summed E-state index contributed by atoms with van der Waals surface area (Å²) in [6.07, 6.45) is 1.50. The Bertz CT molecular complexity index is 495. The molecule has 2 nitrogen and oxygen atoms in total. The summed E-state index contributed by atoms with van der Waals surface area (Å²) in [4.78, 5) is 2.50. The molecule has 0 amide bonds. The van der Waals surface area contributed by atoms with Crippen molar-refractivity contribution in [1.82, 2.24) is 4.90 Å². The summed E-state index contributed by atoms with van der Waals surface area (Å²) in [5.74, 6) is 0. The Morgan fingerprint density at radius 2 is 1.48 bits per heavy atom. The van der Waals surface area contributed by atoms with Gasteiger partial charge in [-0.15, -0.1) is 0 Å². The Morgan fingerprint density at radius 1 is 0.952 bits per heavy atom. The van der Waals surface area contributed by atoms with Crippen molar-refractivity contribution in [2.75, 3.05) is 19.7 Å². The lowest BCUT2D eigenvalue weighted by Crippen LogP contribution is -2.53. The third kappa shape index (κ3) is 3.34. The van der Waals surface area contributed by atoms with Crippen molar-refractivity contribution in [3.05, 3.63) is 71.8 Å². The maximum absolute atomic E-state index is 5.84. The van der Waals surface area contributed by atoms with Gasteiger partial charge in [-0.2, -0.15) is 0 Å². The first-order valence-electron chi connectivity index (χ1n) is 7.84. The smallest absolute Gasteiger partial charge is 0.0829 e. The zero-order valence-corrected chi connectivity index (χ0v) is 12.6. The van der Waals surface area contributed by atoms with Gasteiger partial charge in [-0.1, -0.05) is 67.6 Å². The van der Waals surface area contributed by atoms with Crippen LogP contribution in [0, 0.1) is 0 Å². The van der Waals surface area contributed by atoms with Crippen LogP contribution in [-0.4, -0.2) is 30.7 Å². The van der Waals surface area contributed by atoms with E-state index in [0.29, 0.717) is 12.1 Å². The van der Waals surface area contributed by atoms with Crippen molar-refractivity contribution in [2.24, 2.45) is 0 Å². The molecule has 0 unspecified atom stereocenters. The van der Waals surface area contributed by atoms with Gasteiger partial charge < -0.3 is 4.74 Å². The standard InChI is InChI=1S/C19H23NO/c1-2-13-21-18-14-20(15-18)19(16-9-5-3-6-10-16)17-11-7-4-8-12-17/h3-12,18-19H,2,13-15H2,1H3. The number of hydrogen-bond donors (Lipinski definition) is 0. The fourth-order valence-electron chi connectivity index (χ4n) is 2.96. The highest BCUT2D eigenvalue weighted by molar-refractivity contribution is 5.32. The molecule has 1 fully saturated rings. The Labute approximate surface area is 127 Å². The fraction of sp³-hybridized carbons (Fsp3) is 0.368. The van der Waals surface area contributed by atoms with E-state index in [1.165, 1.54) is 11.1 Å². The average Bonchev–Trinajstić information content (AvgIpc) is 2.51. The lowest BCUT2D eigenvalue weighted by Gasteiger charge is -2.44. The van der Waals surface area contributed by atoms with E-state index in [4.69, 9.17) is 4.74 Å². The zero-order valence-electron chi connectivity index (χ0n) is 12.6. The average molecular weight is 281 g/mol. The molecule has 0 aliphatic carbocycles. The molecule has 0 atom stereocenters. The van der Waals surface area contributed by atoms with Crippen molar-refractivity contribution >= 4 is 0 Å². The van der Waals surface area contributed by atoms with Crippen molar-refractivity contribution in [3.8, 4) is 0 Å². The van der Waals surface area contributed by atoms with Gasteiger partial charge in [-0.05, 0) is 17.5 Å². The molecule has 2 aromatic rings. The van der Waals surface area contributed by atoms with Crippen LogP contribution in [0.25, 0.3) is 0 Å². The summed E-state index contributed by atoms with van der Waals surface area (Å²) in [7, 11) is 0. The number of benzene rings is 2. The maximum atomic E-state index is 5.84. The molecular weight excluding hydrogens is 258 g/mol. The molecule has 1 heterocycles. The first-order valence-corrected chi connectivity index (χ1v) is 7.84. The molecule has 1 aliphatic rings. The molecule has 21 heavy (non-hydrogen) atoms. The number of nitrogens with zero attached hydrogens (tertiary/aromatic N) is 1. The van der Waals surface area contributed by atoms with E-state index in [1.807, 2.05) is 0 Å². The zero-order chi connectivity index (χ0) is 14.5. The summed E-state index contributed by atoms with van der Waals surface area (Å²) in [5, 5.41) is 0. The van der Waals surface area contributed by atoms with Gasteiger partial charge in [-0.25, -0.2) is 0 Å². The Balaban J connectivity index is 1.76. The second-order valence-electron chi connectivity index (χ2n) is 5.67. The molecule has 0 radical (unpaired) electrons. The molecule has 0 spiro atoms. The Morgan fingerprint density at radius 3 is 1.95 bits per heavy atom. The van der Waals surface area contributed by atoms with Gasteiger partial charge in [0, 0.05) is 19.7 Å². The van der Waals surface area contributed by atoms with E-state index in [9.17, 15) is 0 Å².